The number of aliphatic hydroxyl groups is 2. The van der Waals surface area contributed by atoms with Crippen molar-refractivity contribution in [2.24, 2.45) is 0 Å². The van der Waals surface area contributed by atoms with Crippen molar-refractivity contribution < 1.29 is 24.5 Å². The zero-order valence-electron chi connectivity index (χ0n) is 49.4. The average molecular weight is 1030 g/mol. The molecule has 0 heterocycles. The van der Waals surface area contributed by atoms with Crippen LogP contribution in [0.3, 0.4) is 0 Å². The van der Waals surface area contributed by atoms with Crippen LogP contribution in [0.15, 0.2) is 24.3 Å². The second-order valence-electron chi connectivity index (χ2n) is 22.8. The van der Waals surface area contributed by atoms with Crippen LogP contribution in [0.4, 0.5) is 0 Å². The van der Waals surface area contributed by atoms with E-state index < -0.39 is 12.1 Å². The van der Waals surface area contributed by atoms with E-state index in [1.807, 2.05) is 0 Å². The minimum atomic E-state index is -0.672. The molecule has 432 valence electrons. The van der Waals surface area contributed by atoms with Crippen LogP contribution >= 0.6 is 0 Å². The highest BCUT2D eigenvalue weighted by atomic mass is 16.5. The van der Waals surface area contributed by atoms with Crippen LogP contribution in [0.1, 0.15) is 367 Å². The smallest absolute Gasteiger partial charge is 0.305 e. The molecule has 0 aliphatic heterocycles. The van der Waals surface area contributed by atoms with Crippen molar-refractivity contribution in [1.29, 1.82) is 0 Å². The molecule has 0 aliphatic carbocycles. The summed E-state index contributed by atoms with van der Waals surface area (Å²) in [7, 11) is 0. The molecule has 0 saturated carbocycles. The number of nitrogens with one attached hydrogen (secondary N) is 1. The van der Waals surface area contributed by atoms with Gasteiger partial charge in [-0.15, -0.1) is 0 Å². The van der Waals surface area contributed by atoms with Gasteiger partial charge in [0, 0.05) is 12.8 Å². The summed E-state index contributed by atoms with van der Waals surface area (Å²) in [4.78, 5) is 24.6. The number of hydrogen-bond acceptors (Lipinski definition) is 5. The van der Waals surface area contributed by atoms with Crippen molar-refractivity contribution >= 4 is 11.9 Å². The fourth-order valence-corrected chi connectivity index (χ4v) is 10.4. The number of unbranched alkanes of at least 4 members (excludes halogenated alkanes) is 47. The molecule has 0 spiro atoms. The summed E-state index contributed by atoms with van der Waals surface area (Å²) >= 11 is 0. The zero-order chi connectivity index (χ0) is 52.9. The van der Waals surface area contributed by atoms with E-state index in [1.165, 1.54) is 276 Å². The van der Waals surface area contributed by atoms with Gasteiger partial charge in [-0.2, -0.15) is 0 Å². The lowest BCUT2D eigenvalue weighted by atomic mass is 10.0. The Labute approximate surface area is 456 Å². The van der Waals surface area contributed by atoms with Gasteiger partial charge in [-0.3, -0.25) is 9.59 Å². The van der Waals surface area contributed by atoms with Crippen molar-refractivity contribution in [3.63, 3.8) is 0 Å². The van der Waals surface area contributed by atoms with Crippen molar-refractivity contribution in [1.82, 2.24) is 5.32 Å². The van der Waals surface area contributed by atoms with E-state index in [0.717, 1.165) is 57.8 Å². The fraction of sp³-hybridized carbons (Fsp3) is 0.910. The first-order valence-electron chi connectivity index (χ1n) is 33.1. The van der Waals surface area contributed by atoms with E-state index >= 15 is 0 Å². The maximum Gasteiger partial charge on any atom is 0.305 e. The van der Waals surface area contributed by atoms with Crippen molar-refractivity contribution in [2.75, 3.05) is 13.2 Å². The fourth-order valence-electron chi connectivity index (χ4n) is 10.4. The number of hydrogen-bond donors (Lipinski definition) is 3. The summed E-state index contributed by atoms with van der Waals surface area (Å²) < 4.78 is 5.50. The molecule has 0 rings (SSSR count). The normalized spacial score (nSPS) is 12.7. The van der Waals surface area contributed by atoms with Crippen molar-refractivity contribution in [3.05, 3.63) is 24.3 Å². The van der Waals surface area contributed by atoms with Crippen LogP contribution in [0.25, 0.3) is 0 Å². The van der Waals surface area contributed by atoms with Gasteiger partial charge in [0.2, 0.25) is 5.91 Å². The first kappa shape index (κ1) is 71.3. The predicted molar refractivity (Wildman–Crippen MR) is 320 cm³/mol. The Morgan fingerprint density at radius 1 is 0.384 bits per heavy atom. The lowest BCUT2D eigenvalue weighted by Gasteiger charge is -2.22. The molecule has 0 aliphatic rings. The molecule has 3 N–H and O–H groups in total. The molecule has 1 amide bonds. The van der Waals surface area contributed by atoms with Crippen LogP contribution in [0.5, 0.6) is 0 Å². The van der Waals surface area contributed by atoms with Gasteiger partial charge in [0.15, 0.2) is 0 Å². The Bertz CT molecular complexity index is 1140. The monoisotopic (exact) mass is 1030 g/mol. The predicted octanol–water partition coefficient (Wildman–Crippen LogP) is 21.0. The SMILES string of the molecule is CCCCC/C=C\C/C=C\CCCCCCCCCCCC(=O)OCCCCCCCCCCCCCCCCCC(=O)NC(CO)C(O)CCCCCCCCCCCCCCCCCCCCCCCC. The summed E-state index contributed by atoms with van der Waals surface area (Å²) in [6, 6.07) is -0.549. The van der Waals surface area contributed by atoms with Gasteiger partial charge >= 0.3 is 5.97 Å². The van der Waals surface area contributed by atoms with Crippen molar-refractivity contribution in [3.8, 4) is 0 Å². The highest BCUT2D eigenvalue weighted by Gasteiger charge is 2.20. The molecule has 0 aromatic carbocycles. The highest BCUT2D eigenvalue weighted by Crippen LogP contribution is 2.18. The summed E-state index contributed by atoms with van der Waals surface area (Å²) in [6.07, 6.45) is 77.6. The molecule has 2 atom stereocenters. The average Bonchev–Trinajstić information content (AvgIpc) is 3.39. The summed E-state index contributed by atoms with van der Waals surface area (Å²) in [5.41, 5.74) is 0. The van der Waals surface area contributed by atoms with Crippen molar-refractivity contribution in [2.45, 2.75) is 379 Å². The summed E-state index contributed by atoms with van der Waals surface area (Å²) in [5, 5.41) is 23.4. The topological polar surface area (TPSA) is 95.9 Å². The van der Waals surface area contributed by atoms with Crippen LogP contribution in [-0.4, -0.2) is 47.4 Å². The first-order chi connectivity index (χ1) is 36.0. The third-order valence-corrected chi connectivity index (χ3v) is 15.5. The number of rotatable bonds is 62. The van der Waals surface area contributed by atoms with Gasteiger partial charge in [0.05, 0.1) is 25.4 Å². The van der Waals surface area contributed by atoms with Gasteiger partial charge in [-0.25, -0.2) is 0 Å². The Balaban J connectivity index is 3.41. The zero-order valence-corrected chi connectivity index (χ0v) is 49.4. The second-order valence-corrected chi connectivity index (χ2v) is 22.8. The van der Waals surface area contributed by atoms with Gasteiger partial charge in [-0.05, 0) is 57.8 Å². The number of aliphatic hydroxyl groups excluding tert-OH is 2. The Morgan fingerprint density at radius 3 is 1.07 bits per heavy atom. The Hall–Kier alpha value is -1.66. The molecule has 0 aromatic rings. The second kappa shape index (κ2) is 62.9. The third-order valence-electron chi connectivity index (χ3n) is 15.5. The maximum absolute atomic E-state index is 12.5. The van der Waals surface area contributed by atoms with Gasteiger partial charge < -0.3 is 20.3 Å². The van der Waals surface area contributed by atoms with Crippen LogP contribution in [0.2, 0.25) is 0 Å². The van der Waals surface area contributed by atoms with Gasteiger partial charge in [0.25, 0.3) is 0 Å². The van der Waals surface area contributed by atoms with Crippen LogP contribution in [-0.2, 0) is 14.3 Å². The van der Waals surface area contributed by atoms with E-state index in [-0.39, 0.29) is 18.5 Å². The minimum Gasteiger partial charge on any atom is -0.466 e. The van der Waals surface area contributed by atoms with E-state index in [1.54, 1.807) is 0 Å². The molecule has 73 heavy (non-hydrogen) atoms. The molecule has 6 nitrogen and oxygen atoms in total. The Kier molecular flexibility index (Phi) is 61.4. The molecule has 0 saturated heterocycles. The number of carbonyl (C=O) groups is 2. The molecule has 0 aromatic heterocycles. The lowest BCUT2D eigenvalue weighted by molar-refractivity contribution is -0.143. The highest BCUT2D eigenvalue weighted by molar-refractivity contribution is 5.76. The van der Waals surface area contributed by atoms with E-state index in [9.17, 15) is 19.8 Å². The molecular formula is C67H129NO5. The molecule has 0 fully saturated rings. The third kappa shape index (κ3) is 59.4. The number of ether oxygens (including phenoxy) is 1. The lowest BCUT2D eigenvalue weighted by Crippen LogP contribution is -2.45. The molecule has 0 radical (unpaired) electrons. The quantitative estimate of drug-likeness (QED) is 0.0320. The molecular weight excluding hydrogens is 899 g/mol. The van der Waals surface area contributed by atoms with E-state index in [4.69, 9.17) is 4.74 Å². The largest absolute Gasteiger partial charge is 0.466 e. The maximum atomic E-state index is 12.5. The molecule has 2 unspecified atom stereocenters. The first-order valence-corrected chi connectivity index (χ1v) is 33.1. The number of allylic oxidation sites excluding steroid dienone is 4. The van der Waals surface area contributed by atoms with E-state index in [2.05, 4.69) is 43.5 Å². The number of esters is 1. The van der Waals surface area contributed by atoms with Crippen LogP contribution < -0.4 is 5.32 Å². The van der Waals surface area contributed by atoms with Gasteiger partial charge in [-0.1, -0.05) is 321 Å². The summed E-state index contributed by atoms with van der Waals surface area (Å²) in [6.45, 7) is 4.94. The number of amides is 1. The minimum absolute atomic E-state index is 0.00191. The van der Waals surface area contributed by atoms with Gasteiger partial charge in [0.1, 0.15) is 0 Å². The summed E-state index contributed by atoms with van der Waals surface area (Å²) in [5.74, 6) is -0.0415. The standard InChI is InChI=1S/C67H129NO5/c1-3-5-7-9-11-13-15-17-19-21-23-24-25-27-28-31-35-39-43-47-51-55-59-65(70)64(63-69)68-66(71)60-56-52-48-44-40-36-32-30-34-38-42-46-50-54-58-62-73-67(72)61-57-53-49-45-41-37-33-29-26-22-20-18-16-14-12-10-8-6-4-2/h12,14,18,20,64-65,69-70H,3-11,13,15-17,19,21-63H2,1-2H3,(H,68,71)/b14-12-,20-18-. The number of carbonyl (C=O) groups excluding carboxylic acids is 2. The molecule has 6 heteroatoms. The van der Waals surface area contributed by atoms with Crippen LogP contribution in [0, 0.1) is 0 Å². The van der Waals surface area contributed by atoms with E-state index in [0.29, 0.717) is 25.9 Å². The Morgan fingerprint density at radius 2 is 0.685 bits per heavy atom. The molecule has 0 bridgehead atoms.